The van der Waals surface area contributed by atoms with E-state index in [2.05, 4.69) is 9.97 Å². The summed E-state index contributed by atoms with van der Waals surface area (Å²) in [5, 5.41) is 0.722. The Morgan fingerprint density at radius 3 is 2.83 bits per heavy atom. The Morgan fingerprint density at radius 1 is 1.30 bits per heavy atom. The maximum atomic E-state index is 12.7. The number of H-pyrrole nitrogens is 1. The Labute approximate surface area is 176 Å². The van der Waals surface area contributed by atoms with Gasteiger partial charge in [0, 0.05) is 13.7 Å². The third-order valence-corrected chi connectivity index (χ3v) is 6.83. The van der Waals surface area contributed by atoms with Crippen LogP contribution in [0, 0.1) is 0 Å². The maximum Gasteiger partial charge on any atom is 0.415 e. The summed E-state index contributed by atoms with van der Waals surface area (Å²) in [5.74, 6) is 1.18. The van der Waals surface area contributed by atoms with Gasteiger partial charge in [0.15, 0.2) is 10.3 Å². The zero-order valence-electron chi connectivity index (χ0n) is 16.6. The van der Waals surface area contributed by atoms with E-state index in [4.69, 9.17) is 14.5 Å². The fourth-order valence-electron chi connectivity index (χ4n) is 4.01. The number of likely N-dealkylation sites (tertiary alicyclic amines) is 1. The lowest BCUT2D eigenvalue weighted by atomic mass is 10.1. The van der Waals surface area contributed by atoms with Crippen LogP contribution in [-0.4, -0.2) is 46.2 Å². The van der Waals surface area contributed by atoms with Gasteiger partial charge < -0.3 is 14.5 Å². The average Bonchev–Trinajstić information content (AvgIpc) is 3.17. The van der Waals surface area contributed by atoms with Crippen molar-refractivity contribution in [3.05, 3.63) is 51.5 Å². The molecule has 2 fully saturated rings. The second-order valence-electron chi connectivity index (χ2n) is 7.87. The number of hydrogen-bond donors (Lipinski definition) is 1. The number of amides is 1. The van der Waals surface area contributed by atoms with Gasteiger partial charge in [0.05, 0.1) is 18.1 Å². The number of para-hydroxylation sites is 1. The highest BCUT2D eigenvalue weighted by Gasteiger charge is 2.47. The molecule has 2 aromatic heterocycles. The van der Waals surface area contributed by atoms with Crippen LogP contribution in [0.15, 0.2) is 35.1 Å². The van der Waals surface area contributed by atoms with Crippen molar-refractivity contribution in [1.29, 1.82) is 0 Å². The van der Waals surface area contributed by atoms with Crippen LogP contribution in [0.2, 0.25) is 0 Å². The topological polar surface area (TPSA) is 97.4 Å². The normalized spacial score (nSPS) is 19.9. The number of benzene rings is 1. The number of thiazole rings is 1. The Bertz CT molecular complexity index is 1140. The molecule has 1 aliphatic heterocycles. The Balaban J connectivity index is 1.43. The van der Waals surface area contributed by atoms with E-state index >= 15 is 0 Å². The summed E-state index contributed by atoms with van der Waals surface area (Å²) in [7, 11) is 1.66. The van der Waals surface area contributed by atoms with Crippen LogP contribution in [0.3, 0.4) is 0 Å². The second-order valence-corrected chi connectivity index (χ2v) is 8.88. The average molecular weight is 426 g/mol. The highest BCUT2D eigenvalue weighted by molar-refractivity contribution is 7.18. The predicted molar refractivity (Wildman–Crippen MR) is 112 cm³/mol. The number of carbonyl (C=O) groups is 1. The zero-order valence-corrected chi connectivity index (χ0v) is 17.4. The van der Waals surface area contributed by atoms with E-state index < -0.39 is 6.09 Å². The van der Waals surface area contributed by atoms with Gasteiger partial charge in [-0.1, -0.05) is 29.5 Å². The van der Waals surface area contributed by atoms with Crippen molar-refractivity contribution in [2.45, 2.75) is 37.1 Å². The van der Waals surface area contributed by atoms with E-state index in [-0.39, 0.29) is 17.0 Å². The lowest BCUT2D eigenvalue weighted by molar-refractivity contribution is 0.147. The standard InChI is InChI=1S/C21H22N4O4S/c1-28-12-21(9-10-21)19-23-16(26)15-18(24-19)30-17(22-15)14-8-5-11-25(14)20(27)29-13-6-3-2-4-7-13/h2-4,6-7,14H,5,8-12H2,1H3,(H,23,24,26). The van der Waals surface area contributed by atoms with Gasteiger partial charge in [-0.2, -0.15) is 0 Å². The highest BCUT2D eigenvalue weighted by atomic mass is 32.1. The molecule has 1 atom stereocenters. The smallest absolute Gasteiger partial charge is 0.410 e. The van der Waals surface area contributed by atoms with Crippen molar-refractivity contribution in [3.63, 3.8) is 0 Å². The summed E-state index contributed by atoms with van der Waals surface area (Å²) < 4.78 is 10.8. The Morgan fingerprint density at radius 2 is 2.10 bits per heavy atom. The minimum Gasteiger partial charge on any atom is -0.410 e. The number of fused-ring (bicyclic) bond motifs is 1. The van der Waals surface area contributed by atoms with E-state index in [0.29, 0.717) is 35.1 Å². The molecule has 1 saturated heterocycles. The molecule has 1 aliphatic carbocycles. The molecular formula is C21H22N4O4S. The van der Waals surface area contributed by atoms with Crippen molar-refractivity contribution in [2.24, 2.45) is 0 Å². The van der Waals surface area contributed by atoms with E-state index in [1.807, 2.05) is 18.2 Å². The largest absolute Gasteiger partial charge is 0.415 e. The first kappa shape index (κ1) is 19.2. The highest BCUT2D eigenvalue weighted by Crippen LogP contribution is 2.47. The first-order valence-corrected chi connectivity index (χ1v) is 10.8. The number of ether oxygens (including phenoxy) is 2. The monoisotopic (exact) mass is 426 g/mol. The van der Waals surface area contributed by atoms with Crippen LogP contribution in [0.25, 0.3) is 10.3 Å². The van der Waals surface area contributed by atoms with Gasteiger partial charge in [0.25, 0.3) is 5.56 Å². The van der Waals surface area contributed by atoms with Crippen molar-refractivity contribution in [3.8, 4) is 5.75 Å². The van der Waals surface area contributed by atoms with Crippen LogP contribution in [0.1, 0.15) is 42.6 Å². The van der Waals surface area contributed by atoms with Crippen molar-refractivity contribution in [2.75, 3.05) is 20.3 Å². The molecule has 3 heterocycles. The molecule has 30 heavy (non-hydrogen) atoms. The van der Waals surface area contributed by atoms with Crippen molar-refractivity contribution in [1.82, 2.24) is 19.9 Å². The molecule has 5 rings (SSSR count). The number of carbonyl (C=O) groups excluding carboxylic acids is 1. The fraction of sp³-hybridized carbons (Fsp3) is 0.429. The van der Waals surface area contributed by atoms with Crippen LogP contribution in [0.4, 0.5) is 4.79 Å². The Kier molecular flexibility index (Phi) is 4.79. The molecule has 156 valence electrons. The number of hydrogen-bond acceptors (Lipinski definition) is 7. The SMILES string of the molecule is COCC1(c2nc3sc(C4CCCN4C(=O)Oc4ccccc4)nc3c(=O)[nH]2)CC1. The number of aromatic nitrogens is 3. The first-order valence-electron chi connectivity index (χ1n) is 10.0. The molecule has 0 spiro atoms. The van der Waals surface area contributed by atoms with Gasteiger partial charge >= 0.3 is 6.09 Å². The van der Waals surface area contributed by atoms with Gasteiger partial charge in [-0.3, -0.25) is 9.69 Å². The summed E-state index contributed by atoms with van der Waals surface area (Å²) in [6, 6.07) is 8.80. The van der Waals surface area contributed by atoms with Gasteiger partial charge in [-0.25, -0.2) is 14.8 Å². The van der Waals surface area contributed by atoms with Crippen LogP contribution in [-0.2, 0) is 10.2 Å². The number of methoxy groups -OCH3 is 1. The number of nitrogens with zero attached hydrogens (tertiary/aromatic N) is 3. The van der Waals surface area contributed by atoms with Crippen molar-refractivity contribution >= 4 is 27.8 Å². The lowest BCUT2D eigenvalue weighted by Gasteiger charge is -2.22. The molecule has 3 aromatic rings. The van der Waals surface area contributed by atoms with Crippen LogP contribution < -0.4 is 10.3 Å². The summed E-state index contributed by atoms with van der Waals surface area (Å²) in [4.78, 5) is 39.8. The number of nitrogens with one attached hydrogen (secondary N) is 1. The minimum absolute atomic E-state index is 0.189. The molecule has 0 bridgehead atoms. The molecule has 9 heteroatoms. The molecule has 2 aliphatic rings. The summed E-state index contributed by atoms with van der Waals surface area (Å²) in [5.41, 5.74) is -0.1000. The van der Waals surface area contributed by atoms with Gasteiger partial charge in [-0.15, -0.1) is 0 Å². The molecule has 0 radical (unpaired) electrons. The van der Waals surface area contributed by atoms with Gasteiger partial charge in [0.1, 0.15) is 16.6 Å². The molecule has 1 aromatic carbocycles. The molecule has 1 unspecified atom stereocenters. The van der Waals surface area contributed by atoms with Gasteiger partial charge in [0.2, 0.25) is 0 Å². The molecule has 8 nitrogen and oxygen atoms in total. The lowest BCUT2D eigenvalue weighted by Crippen LogP contribution is -2.33. The van der Waals surface area contributed by atoms with E-state index in [9.17, 15) is 9.59 Å². The summed E-state index contributed by atoms with van der Waals surface area (Å²) >= 11 is 1.38. The predicted octanol–water partition coefficient (Wildman–Crippen LogP) is 3.39. The molecular weight excluding hydrogens is 404 g/mol. The molecule has 1 saturated carbocycles. The van der Waals surface area contributed by atoms with E-state index in [1.54, 1.807) is 24.1 Å². The van der Waals surface area contributed by atoms with E-state index in [1.165, 1.54) is 11.3 Å². The quantitative estimate of drug-likeness (QED) is 0.672. The van der Waals surface area contributed by atoms with Gasteiger partial charge in [-0.05, 0) is 37.8 Å². The molecule has 1 amide bonds. The fourth-order valence-corrected chi connectivity index (χ4v) is 5.10. The number of rotatable bonds is 5. The maximum absolute atomic E-state index is 12.7. The third kappa shape index (κ3) is 3.37. The van der Waals surface area contributed by atoms with Crippen LogP contribution in [0.5, 0.6) is 5.75 Å². The first-order chi connectivity index (χ1) is 14.6. The van der Waals surface area contributed by atoms with Crippen LogP contribution >= 0.6 is 11.3 Å². The third-order valence-electron chi connectivity index (χ3n) is 5.78. The summed E-state index contributed by atoms with van der Waals surface area (Å²) in [6.07, 6.45) is 3.13. The number of aromatic amines is 1. The second kappa shape index (κ2) is 7.48. The molecule has 1 N–H and O–H groups in total. The minimum atomic E-state index is -0.400. The summed E-state index contributed by atoms with van der Waals surface area (Å²) in [6.45, 7) is 1.13. The van der Waals surface area contributed by atoms with Crippen molar-refractivity contribution < 1.29 is 14.3 Å². The van der Waals surface area contributed by atoms with E-state index in [0.717, 1.165) is 30.7 Å². The Hall–Kier alpha value is -2.78. The zero-order chi connectivity index (χ0) is 20.7.